The molecule has 0 fully saturated rings. The number of hydrogen-bond donors (Lipinski definition) is 0. The van der Waals surface area contributed by atoms with Crippen molar-refractivity contribution in [1.82, 2.24) is 0 Å². The molecular weight excluding hydrogens is 360 g/mol. The molecule has 0 N–H and O–H groups in total. The maximum absolute atomic E-state index is 2.40. The van der Waals surface area contributed by atoms with Gasteiger partial charge in [-0.2, -0.15) is 0 Å². The van der Waals surface area contributed by atoms with Gasteiger partial charge in [-0.05, 0) is 76.2 Å². The molecule has 0 spiro atoms. The smallest absolute Gasteiger partial charge is 0.0171 e. The highest BCUT2D eigenvalue weighted by Gasteiger charge is 2.04. The van der Waals surface area contributed by atoms with Crippen molar-refractivity contribution in [3.8, 4) is 11.1 Å². The highest BCUT2D eigenvalue weighted by molar-refractivity contribution is 5.99. The first-order valence-electron chi connectivity index (χ1n) is 11.8. The van der Waals surface area contributed by atoms with Gasteiger partial charge in [0.15, 0.2) is 0 Å². The SMILES string of the molecule is CCCCCCCCCc1ccc2cc3cc(-c4ccc(C)cc4)ccc3cc2c1. The lowest BCUT2D eigenvalue weighted by Crippen LogP contribution is -1.87. The molecule has 0 aliphatic rings. The lowest BCUT2D eigenvalue weighted by molar-refractivity contribution is 0.589. The molecule has 4 rings (SSSR count). The average Bonchev–Trinajstić information content (AvgIpc) is 2.77. The van der Waals surface area contributed by atoms with Gasteiger partial charge in [0.1, 0.15) is 0 Å². The summed E-state index contributed by atoms with van der Waals surface area (Å²) in [5.41, 5.74) is 5.36. The lowest BCUT2D eigenvalue weighted by atomic mass is 9.96. The minimum absolute atomic E-state index is 1.20. The average molecular weight is 395 g/mol. The van der Waals surface area contributed by atoms with E-state index in [0.717, 1.165) is 0 Å². The molecule has 0 aliphatic carbocycles. The van der Waals surface area contributed by atoms with Crippen LogP contribution in [-0.4, -0.2) is 0 Å². The van der Waals surface area contributed by atoms with E-state index < -0.39 is 0 Å². The van der Waals surface area contributed by atoms with Crippen molar-refractivity contribution in [2.24, 2.45) is 0 Å². The van der Waals surface area contributed by atoms with Crippen molar-refractivity contribution in [2.75, 3.05) is 0 Å². The second-order valence-corrected chi connectivity index (χ2v) is 8.83. The number of rotatable bonds is 9. The van der Waals surface area contributed by atoms with Crippen molar-refractivity contribution in [1.29, 1.82) is 0 Å². The van der Waals surface area contributed by atoms with Gasteiger partial charge in [-0.25, -0.2) is 0 Å². The molecule has 4 aromatic carbocycles. The van der Waals surface area contributed by atoms with Crippen LogP contribution < -0.4 is 0 Å². The van der Waals surface area contributed by atoms with Crippen molar-refractivity contribution < 1.29 is 0 Å². The molecule has 0 nitrogen and oxygen atoms in total. The molecule has 0 saturated carbocycles. The van der Waals surface area contributed by atoms with Crippen molar-refractivity contribution in [3.05, 3.63) is 83.9 Å². The van der Waals surface area contributed by atoms with Crippen LogP contribution in [0.4, 0.5) is 0 Å². The summed E-state index contributed by atoms with van der Waals surface area (Å²) in [5, 5.41) is 5.35. The summed E-state index contributed by atoms with van der Waals surface area (Å²) in [5.74, 6) is 0. The van der Waals surface area contributed by atoms with Crippen LogP contribution in [0.2, 0.25) is 0 Å². The van der Waals surface area contributed by atoms with Gasteiger partial charge >= 0.3 is 0 Å². The highest BCUT2D eigenvalue weighted by Crippen LogP contribution is 2.29. The molecule has 154 valence electrons. The monoisotopic (exact) mass is 394 g/mol. The molecule has 0 unspecified atom stereocenters. The van der Waals surface area contributed by atoms with Crippen LogP contribution >= 0.6 is 0 Å². The third kappa shape index (κ3) is 5.11. The van der Waals surface area contributed by atoms with Gasteiger partial charge in [0.05, 0.1) is 0 Å². The molecule has 0 aliphatic heterocycles. The van der Waals surface area contributed by atoms with E-state index >= 15 is 0 Å². The molecular formula is C30H34. The minimum atomic E-state index is 1.20. The molecule has 4 aromatic rings. The topological polar surface area (TPSA) is 0 Å². The molecule has 0 saturated heterocycles. The fourth-order valence-corrected chi connectivity index (χ4v) is 4.41. The van der Waals surface area contributed by atoms with Gasteiger partial charge in [-0.1, -0.05) is 106 Å². The van der Waals surface area contributed by atoms with E-state index in [-0.39, 0.29) is 0 Å². The van der Waals surface area contributed by atoms with Crippen molar-refractivity contribution in [3.63, 3.8) is 0 Å². The standard InChI is InChI=1S/C30H34/c1-3-4-5-6-7-8-9-10-24-13-16-27-22-30-20-26(25-14-11-23(2)12-15-25)17-18-28(30)21-29(27)19-24/h11-22H,3-10H2,1-2H3. The molecule has 0 amide bonds. The van der Waals surface area contributed by atoms with Gasteiger partial charge in [0.25, 0.3) is 0 Å². The zero-order chi connectivity index (χ0) is 20.8. The molecule has 0 heteroatoms. The summed E-state index contributed by atoms with van der Waals surface area (Å²) in [7, 11) is 0. The second-order valence-electron chi connectivity index (χ2n) is 8.83. The summed E-state index contributed by atoms with van der Waals surface area (Å²) < 4.78 is 0. The number of hydrogen-bond acceptors (Lipinski definition) is 0. The second kappa shape index (κ2) is 9.94. The van der Waals surface area contributed by atoms with E-state index in [1.807, 2.05) is 0 Å². The van der Waals surface area contributed by atoms with Crippen LogP contribution in [0, 0.1) is 6.92 Å². The van der Waals surface area contributed by atoms with Crippen LogP contribution in [0.25, 0.3) is 32.7 Å². The molecule has 0 atom stereocenters. The van der Waals surface area contributed by atoms with E-state index in [1.165, 1.54) is 95.2 Å². The third-order valence-corrected chi connectivity index (χ3v) is 6.31. The predicted octanol–water partition coefficient (Wildman–Crippen LogP) is 9.26. The van der Waals surface area contributed by atoms with E-state index in [2.05, 4.69) is 86.6 Å². The van der Waals surface area contributed by atoms with Crippen LogP contribution in [0.1, 0.15) is 63.0 Å². The Morgan fingerprint density at radius 3 is 1.83 bits per heavy atom. The van der Waals surface area contributed by atoms with Crippen LogP contribution in [0.15, 0.2) is 72.8 Å². The molecule has 30 heavy (non-hydrogen) atoms. The van der Waals surface area contributed by atoms with Gasteiger partial charge in [-0.3, -0.25) is 0 Å². The van der Waals surface area contributed by atoms with E-state index in [4.69, 9.17) is 0 Å². The largest absolute Gasteiger partial charge is 0.0654 e. The summed E-state index contributed by atoms with van der Waals surface area (Å²) in [4.78, 5) is 0. The maximum atomic E-state index is 2.40. The Balaban J connectivity index is 1.47. The van der Waals surface area contributed by atoms with E-state index in [0.29, 0.717) is 0 Å². The van der Waals surface area contributed by atoms with Crippen molar-refractivity contribution >= 4 is 21.5 Å². The first-order chi connectivity index (χ1) is 14.7. The fraction of sp³-hybridized carbons (Fsp3) is 0.333. The number of fused-ring (bicyclic) bond motifs is 2. The Morgan fingerprint density at radius 2 is 1.10 bits per heavy atom. The third-order valence-electron chi connectivity index (χ3n) is 6.31. The van der Waals surface area contributed by atoms with Gasteiger partial charge < -0.3 is 0 Å². The first kappa shape index (κ1) is 20.7. The van der Waals surface area contributed by atoms with Crippen molar-refractivity contribution in [2.45, 2.75) is 65.2 Å². The predicted molar refractivity (Wildman–Crippen MR) is 133 cm³/mol. The number of benzene rings is 4. The molecule has 0 radical (unpaired) electrons. The van der Waals surface area contributed by atoms with Gasteiger partial charge in [-0.15, -0.1) is 0 Å². The number of aryl methyl sites for hydroxylation is 2. The highest BCUT2D eigenvalue weighted by atomic mass is 14.1. The molecule has 0 aromatic heterocycles. The van der Waals surface area contributed by atoms with Crippen LogP contribution in [0.3, 0.4) is 0 Å². The first-order valence-corrected chi connectivity index (χ1v) is 11.8. The Hall–Kier alpha value is -2.60. The summed E-state index contributed by atoms with van der Waals surface area (Å²) in [6.45, 7) is 4.42. The fourth-order valence-electron chi connectivity index (χ4n) is 4.41. The van der Waals surface area contributed by atoms with E-state index in [1.54, 1.807) is 0 Å². The summed E-state index contributed by atoms with van der Waals surface area (Å²) >= 11 is 0. The van der Waals surface area contributed by atoms with E-state index in [9.17, 15) is 0 Å². The van der Waals surface area contributed by atoms with Crippen LogP contribution in [0.5, 0.6) is 0 Å². The summed E-state index contributed by atoms with van der Waals surface area (Å²) in [6.07, 6.45) is 10.8. The Labute approximate surface area is 182 Å². The zero-order valence-corrected chi connectivity index (χ0v) is 18.6. The Bertz CT molecular complexity index is 1100. The minimum Gasteiger partial charge on any atom is -0.0654 e. The normalized spacial score (nSPS) is 11.4. The molecule has 0 heterocycles. The van der Waals surface area contributed by atoms with Gasteiger partial charge in [0.2, 0.25) is 0 Å². The van der Waals surface area contributed by atoms with Crippen LogP contribution in [-0.2, 0) is 6.42 Å². The number of unbranched alkanes of at least 4 members (excludes halogenated alkanes) is 6. The zero-order valence-electron chi connectivity index (χ0n) is 18.6. The summed E-state index contributed by atoms with van der Waals surface area (Å²) in [6, 6.07) is 27.4. The maximum Gasteiger partial charge on any atom is -0.0171 e. The quantitative estimate of drug-likeness (QED) is 0.196. The molecule has 0 bridgehead atoms. The Kier molecular flexibility index (Phi) is 6.84. The Morgan fingerprint density at radius 1 is 0.500 bits per heavy atom. The lowest BCUT2D eigenvalue weighted by Gasteiger charge is -2.08. The van der Waals surface area contributed by atoms with Gasteiger partial charge in [0, 0.05) is 0 Å².